The van der Waals surface area contributed by atoms with Gasteiger partial charge in [0.15, 0.2) is 5.96 Å². The van der Waals surface area contributed by atoms with Crippen molar-refractivity contribution in [2.24, 2.45) is 10.7 Å². The first kappa shape index (κ1) is 13.1. The molecule has 6 heteroatoms. The van der Waals surface area contributed by atoms with E-state index in [-0.39, 0.29) is 0 Å². The number of thioether (sulfide) groups is 1. The second kappa shape index (κ2) is 6.04. The molecule has 0 saturated carbocycles. The second-order valence-electron chi connectivity index (χ2n) is 4.32. The zero-order valence-electron chi connectivity index (χ0n) is 10.9. The summed E-state index contributed by atoms with van der Waals surface area (Å²) in [6.07, 6.45) is 0. The minimum atomic E-state index is 0.527. The number of aryl methyl sites for hydroxylation is 2. The van der Waals surface area contributed by atoms with Crippen molar-refractivity contribution in [3.05, 3.63) is 23.3 Å². The lowest BCUT2D eigenvalue weighted by Gasteiger charge is -2.27. The van der Waals surface area contributed by atoms with Gasteiger partial charge in [0.2, 0.25) is 0 Å². The van der Waals surface area contributed by atoms with Crippen LogP contribution in [0.1, 0.15) is 17.2 Å². The van der Waals surface area contributed by atoms with E-state index < -0.39 is 0 Å². The Labute approximate surface area is 112 Å². The van der Waals surface area contributed by atoms with Crippen LogP contribution in [0.3, 0.4) is 0 Å². The van der Waals surface area contributed by atoms with Crippen LogP contribution < -0.4 is 5.73 Å². The molecule has 1 aromatic rings. The molecule has 2 heterocycles. The van der Waals surface area contributed by atoms with Crippen LogP contribution in [0.25, 0.3) is 0 Å². The fourth-order valence-electron chi connectivity index (χ4n) is 1.93. The van der Waals surface area contributed by atoms with Gasteiger partial charge in [-0.1, -0.05) is 0 Å². The van der Waals surface area contributed by atoms with E-state index in [1.807, 2.05) is 31.7 Å². The van der Waals surface area contributed by atoms with Crippen LogP contribution in [0.15, 0.2) is 11.1 Å². The minimum absolute atomic E-state index is 0.527. The predicted octanol–water partition coefficient (Wildman–Crippen LogP) is 0.957. The number of guanidine groups is 1. The number of rotatable bonds is 2. The molecule has 0 aromatic carbocycles. The second-order valence-corrected chi connectivity index (χ2v) is 5.55. The lowest BCUT2D eigenvalue weighted by atomic mass is 10.3. The maximum absolute atomic E-state index is 6.00. The molecule has 0 spiro atoms. The molecule has 2 rings (SSSR count). The molecule has 98 valence electrons. The van der Waals surface area contributed by atoms with Crippen LogP contribution in [0.5, 0.6) is 0 Å². The normalized spacial score (nSPS) is 17.0. The van der Waals surface area contributed by atoms with Gasteiger partial charge in [-0.2, -0.15) is 11.8 Å². The minimum Gasteiger partial charge on any atom is -0.370 e. The molecule has 2 N–H and O–H groups in total. The monoisotopic (exact) mass is 265 g/mol. The first-order valence-corrected chi connectivity index (χ1v) is 7.24. The summed E-state index contributed by atoms with van der Waals surface area (Å²) in [7, 11) is 0. The van der Waals surface area contributed by atoms with E-state index >= 15 is 0 Å². The van der Waals surface area contributed by atoms with Crippen molar-refractivity contribution in [1.82, 2.24) is 14.9 Å². The predicted molar refractivity (Wildman–Crippen MR) is 75.7 cm³/mol. The summed E-state index contributed by atoms with van der Waals surface area (Å²) in [4.78, 5) is 15.2. The lowest BCUT2D eigenvalue weighted by molar-refractivity contribution is 0.455. The largest absolute Gasteiger partial charge is 0.370 e. The third-order valence-corrected chi connectivity index (χ3v) is 3.70. The molecule has 0 aliphatic carbocycles. The quantitative estimate of drug-likeness (QED) is 0.637. The van der Waals surface area contributed by atoms with Crippen LogP contribution in [-0.4, -0.2) is 45.4 Å². The van der Waals surface area contributed by atoms with E-state index in [9.17, 15) is 0 Å². The van der Waals surface area contributed by atoms with Gasteiger partial charge in [-0.05, 0) is 19.9 Å². The molecule has 1 aliphatic heterocycles. The molecule has 0 unspecified atom stereocenters. The first-order valence-electron chi connectivity index (χ1n) is 6.09. The Morgan fingerprint density at radius 3 is 2.78 bits per heavy atom. The van der Waals surface area contributed by atoms with E-state index in [1.54, 1.807) is 0 Å². The molecule has 0 amide bonds. The number of hydrogen-bond acceptors (Lipinski definition) is 4. The Kier molecular flexibility index (Phi) is 4.41. The molecule has 0 atom stereocenters. The first-order chi connectivity index (χ1) is 8.65. The molecule has 1 saturated heterocycles. The van der Waals surface area contributed by atoms with Crippen molar-refractivity contribution in [2.75, 3.05) is 24.6 Å². The Morgan fingerprint density at radius 2 is 2.11 bits per heavy atom. The Morgan fingerprint density at radius 1 is 1.39 bits per heavy atom. The summed E-state index contributed by atoms with van der Waals surface area (Å²) in [6, 6.07) is 1.95. The molecule has 18 heavy (non-hydrogen) atoms. The van der Waals surface area contributed by atoms with Crippen molar-refractivity contribution in [3.63, 3.8) is 0 Å². The summed E-state index contributed by atoms with van der Waals surface area (Å²) in [5, 5.41) is 0. The maximum atomic E-state index is 6.00. The summed E-state index contributed by atoms with van der Waals surface area (Å²) < 4.78 is 0. The molecule has 0 radical (unpaired) electrons. The van der Waals surface area contributed by atoms with E-state index in [0.717, 1.165) is 41.8 Å². The van der Waals surface area contributed by atoms with Gasteiger partial charge in [0.05, 0.1) is 12.2 Å². The van der Waals surface area contributed by atoms with Crippen molar-refractivity contribution in [3.8, 4) is 0 Å². The molecule has 0 bridgehead atoms. The summed E-state index contributed by atoms with van der Waals surface area (Å²) in [5.74, 6) is 3.67. The molecular weight excluding hydrogens is 246 g/mol. The number of nitrogens with zero attached hydrogens (tertiary/aromatic N) is 4. The topological polar surface area (TPSA) is 67.4 Å². The van der Waals surface area contributed by atoms with Gasteiger partial charge >= 0.3 is 0 Å². The van der Waals surface area contributed by atoms with Crippen LogP contribution in [0, 0.1) is 13.8 Å². The third kappa shape index (κ3) is 3.60. The van der Waals surface area contributed by atoms with E-state index in [4.69, 9.17) is 5.73 Å². The van der Waals surface area contributed by atoms with Crippen LogP contribution in [-0.2, 0) is 6.54 Å². The van der Waals surface area contributed by atoms with Gasteiger partial charge < -0.3 is 10.6 Å². The molecule has 1 aromatic heterocycles. The fourth-order valence-corrected chi connectivity index (χ4v) is 2.83. The van der Waals surface area contributed by atoms with Gasteiger partial charge in [-0.3, -0.25) is 0 Å². The molecule has 5 nitrogen and oxygen atoms in total. The van der Waals surface area contributed by atoms with Crippen LogP contribution >= 0.6 is 11.8 Å². The third-order valence-electron chi connectivity index (χ3n) is 2.76. The maximum Gasteiger partial charge on any atom is 0.191 e. The highest BCUT2D eigenvalue weighted by molar-refractivity contribution is 7.99. The highest BCUT2D eigenvalue weighted by atomic mass is 32.2. The highest BCUT2D eigenvalue weighted by Gasteiger charge is 2.11. The Hall–Kier alpha value is -1.30. The van der Waals surface area contributed by atoms with Crippen molar-refractivity contribution in [1.29, 1.82) is 0 Å². The molecule has 1 aliphatic rings. The zero-order chi connectivity index (χ0) is 13.0. The SMILES string of the molecule is Cc1cc(CN=C(N)N2CCSCC2)nc(C)n1. The molecular formula is C12H19N5S. The lowest BCUT2D eigenvalue weighted by Crippen LogP contribution is -2.42. The van der Waals surface area contributed by atoms with E-state index in [1.165, 1.54) is 0 Å². The van der Waals surface area contributed by atoms with Crippen molar-refractivity contribution >= 4 is 17.7 Å². The van der Waals surface area contributed by atoms with Gasteiger partial charge in [-0.15, -0.1) is 0 Å². The average Bonchev–Trinajstić information content (AvgIpc) is 2.36. The summed E-state index contributed by atoms with van der Waals surface area (Å²) >= 11 is 1.96. The smallest absolute Gasteiger partial charge is 0.191 e. The van der Waals surface area contributed by atoms with Crippen LogP contribution in [0.4, 0.5) is 0 Å². The average molecular weight is 265 g/mol. The van der Waals surface area contributed by atoms with E-state index in [0.29, 0.717) is 12.5 Å². The standard InChI is InChI=1S/C12H19N5S/c1-9-7-11(16-10(2)15-9)8-14-12(13)17-3-5-18-6-4-17/h7H,3-6,8H2,1-2H3,(H2,13,14). The number of aromatic nitrogens is 2. The van der Waals surface area contributed by atoms with Crippen molar-refractivity contribution in [2.45, 2.75) is 20.4 Å². The number of aliphatic imine (C=N–C) groups is 1. The Bertz CT molecular complexity index is 420. The van der Waals surface area contributed by atoms with Crippen LogP contribution in [0.2, 0.25) is 0 Å². The number of nitrogens with two attached hydrogens (primary N) is 1. The Balaban J connectivity index is 2.00. The van der Waals surface area contributed by atoms with Crippen molar-refractivity contribution < 1.29 is 0 Å². The summed E-state index contributed by atoms with van der Waals surface area (Å²) in [6.45, 7) is 6.36. The van der Waals surface area contributed by atoms with Gasteiger partial charge in [0.25, 0.3) is 0 Å². The molecule has 1 fully saturated rings. The number of hydrogen-bond donors (Lipinski definition) is 1. The van der Waals surface area contributed by atoms with Gasteiger partial charge in [-0.25, -0.2) is 15.0 Å². The van der Waals surface area contributed by atoms with E-state index in [2.05, 4.69) is 19.9 Å². The summed E-state index contributed by atoms with van der Waals surface area (Å²) in [5.41, 5.74) is 7.89. The zero-order valence-corrected chi connectivity index (χ0v) is 11.7. The fraction of sp³-hybridized carbons (Fsp3) is 0.583. The van der Waals surface area contributed by atoms with Gasteiger partial charge in [0, 0.05) is 30.3 Å². The van der Waals surface area contributed by atoms with Gasteiger partial charge in [0.1, 0.15) is 5.82 Å². The highest BCUT2D eigenvalue weighted by Crippen LogP contribution is 2.09.